The van der Waals surface area contributed by atoms with Gasteiger partial charge >= 0.3 is 0 Å². The monoisotopic (exact) mass is 189 g/mol. The summed E-state index contributed by atoms with van der Waals surface area (Å²) in [7, 11) is 0. The number of aromatic amines is 1. The Balaban J connectivity index is 2.18. The number of aromatic nitrogens is 4. The maximum Gasteiger partial charge on any atom is 0.228 e. The number of hydrogen-bond donors (Lipinski definition) is 2. The Kier molecular flexibility index (Phi) is 2.14. The molecule has 2 aromatic rings. The lowest BCUT2D eigenvalue weighted by Crippen LogP contribution is -1.97. The maximum absolute atomic E-state index is 4.20. The fourth-order valence-corrected chi connectivity index (χ4v) is 1.11. The van der Waals surface area contributed by atoms with Crippen LogP contribution in [0.5, 0.6) is 0 Å². The van der Waals surface area contributed by atoms with Gasteiger partial charge in [-0.1, -0.05) is 0 Å². The average molecular weight is 189 g/mol. The molecule has 0 aliphatic heterocycles. The van der Waals surface area contributed by atoms with Gasteiger partial charge in [0.25, 0.3) is 0 Å². The van der Waals surface area contributed by atoms with E-state index in [4.69, 9.17) is 0 Å². The molecule has 0 bridgehead atoms. The molecule has 2 N–H and O–H groups in total. The first-order chi connectivity index (χ1) is 6.74. The summed E-state index contributed by atoms with van der Waals surface area (Å²) < 4.78 is 0. The molecule has 0 atom stereocenters. The van der Waals surface area contributed by atoms with Crippen LogP contribution in [-0.2, 0) is 0 Å². The molecule has 72 valence electrons. The number of rotatable bonds is 2. The van der Waals surface area contributed by atoms with Gasteiger partial charge in [-0.05, 0) is 19.9 Å². The smallest absolute Gasteiger partial charge is 0.228 e. The van der Waals surface area contributed by atoms with Crippen LogP contribution in [0.15, 0.2) is 18.3 Å². The third-order valence-electron chi connectivity index (χ3n) is 1.74. The summed E-state index contributed by atoms with van der Waals surface area (Å²) in [5.74, 6) is 1.30. The molecule has 2 rings (SSSR count). The molecular weight excluding hydrogens is 178 g/mol. The van der Waals surface area contributed by atoms with E-state index < -0.39 is 0 Å². The molecule has 0 aliphatic carbocycles. The highest BCUT2D eigenvalue weighted by Gasteiger charge is 2.00. The Labute approximate surface area is 81.6 Å². The van der Waals surface area contributed by atoms with Gasteiger partial charge in [-0.25, -0.2) is 9.97 Å². The predicted molar refractivity (Wildman–Crippen MR) is 53.4 cm³/mol. The van der Waals surface area contributed by atoms with E-state index in [1.807, 2.05) is 26.0 Å². The summed E-state index contributed by atoms with van der Waals surface area (Å²) in [5, 5.41) is 9.86. The van der Waals surface area contributed by atoms with Crippen molar-refractivity contribution in [2.75, 3.05) is 5.32 Å². The molecule has 0 saturated heterocycles. The van der Waals surface area contributed by atoms with E-state index in [9.17, 15) is 0 Å². The van der Waals surface area contributed by atoms with Crippen LogP contribution < -0.4 is 5.32 Å². The Hall–Kier alpha value is -1.91. The molecular formula is C9H11N5. The predicted octanol–water partition coefficient (Wildman–Crippen LogP) is 1.56. The molecule has 2 heterocycles. The van der Waals surface area contributed by atoms with Crippen LogP contribution in [0.3, 0.4) is 0 Å². The van der Waals surface area contributed by atoms with Crippen molar-refractivity contribution in [1.29, 1.82) is 0 Å². The van der Waals surface area contributed by atoms with E-state index in [0.29, 0.717) is 5.95 Å². The standard InChI is InChI=1S/C9H11N5/c1-6-3-4-10-9(11-6)12-8-5-7(2)13-14-8/h3-5H,1-2H3,(H2,10,11,12,13,14). The van der Waals surface area contributed by atoms with Crippen molar-refractivity contribution in [2.24, 2.45) is 0 Å². The van der Waals surface area contributed by atoms with E-state index >= 15 is 0 Å². The topological polar surface area (TPSA) is 66.5 Å². The van der Waals surface area contributed by atoms with E-state index in [-0.39, 0.29) is 0 Å². The maximum atomic E-state index is 4.20. The zero-order valence-electron chi connectivity index (χ0n) is 8.07. The fraction of sp³-hybridized carbons (Fsp3) is 0.222. The van der Waals surface area contributed by atoms with E-state index in [2.05, 4.69) is 25.5 Å². The quantitative estimate of drug-likeness (QED) is 0.752. The highest BCUT2D eigenvalue weighted by Crippen LogP contribution is 2.09. The third-order valence-corrected chi connectivity index (χ3v) is 1.74. The normalized spacial score (nSPS) is 10.1. The molecule has 0 amide bonds. The number of nitrogens with zero attached hydrogens (tertiary/aromatic N) is 3. The minimum absolute atomic E-state index is 0.566. The van der Waals surface area contributed by atoms with Gasteiger partial charge < -0.3 is 5.32 Å². The Morgan fingerprint density at radius 2 is 2.21 bits per heavy atom. The summed E-state index contributed by atoms with van der Waals surface area (Å²) in [4.78, 5) is 8.27. The number of nitrogens with one attached hydrogen (secondary N) is 2. The summed E-state index contributed by atoms with van der Waals surface area (Å²) in [6, 6.07) is 3.74. The van der Waals surface area contributed by atoms with Crippen LogP contribution in [-0.4, -0.2) is 20.2 Å². The lowest BCUT2D eigenvalue weighted by atomic mass is 10.4. The van der Waals surface area contributed by atoms with Crippen molar-refractivity contribution >= 4 is 11.8 Å². The number of hydrogen-bond acceptors (Lipinski definition) is 4. The van der Waals surface area contributed by atoms with Crippen molar-refractivity contribution in [3.63, 3.8) is 0 Å². The SMILES string of the molecule is Cc1ccnc(Nc2cc(C)[nH]n2)n1. The number of H-pyrrole nitrogens is 1. The molecule has 0 aromatic carbocycles. The molecule has 5 nitrogen and oxygen atoms in total. The molecule has 14 heavy (non-hydrogen) atoms. The lowest BCUT2D eigenvalue weighted by Gasteiger charge is -1.99. The minimum Gasteiger partial charge on any atom is -0.307 e. The van der Waals surface area contributed by atoms with Crippen molar-refractivity contribution in [2.45, 2.75) is 13.8 Å². The molecule has 0 aliphatic rings. The molecule has 2 aromatic heterocycles. The molecule has 0 fully saturated rings. The summed E-state index contributed by atoms with van der Waals surface area (Å²) in [6.07, 6.45) is 1.71. The summed E-state index contributed by atoms with van der Waals surface area (Å²) in [6.45, 7) is 3.86. The number of aryl methyl sites for hydroxylation is 2. The zero-order chi connectivity index (χ0) is 9.97. The molecule has 0 radical (unpaired) electrons. The molecule has 0 spiro atoms. The van der Waals surface area contributed by atoms with Gasteiger partial charge in [0.05, 0.1) is 0 Å². The second kappa shape index (κ2) is 3.45. The first kappa shape index (κ1) is 8.68. The van der Waals surface area contributed by atoms with Crippen LogP contribution in [0, 0.1) is 13.8 Å². The molecule has 5 heteroatoms. The van der Waals surface area contributed by atoms with Crippen molar-refractivity contribution in [3.05, 3.63) is 29.7 Å². The van der Waals surface area contributed by atoms with Gasteiger partial charge in [-0.2, -0.15) is 5.10 Å². The van der Waals surface area contributed by atoms with Crippen molar-refractivity contribution in [3.8, 4) is 0 Å². The van der Waals surface area contributed by atoms with Gasteiger partial charge in [0.15, 0.2) is 5.82 Å². The van der Waals surface area contributed by atoms with Crippen molar-refractivity contribution in [1.82, 2.24) is 20.2 Å². The largest absolute Gasteiger partial charge is 0.307 e. The van der Waals surface area contributed by atoms with E-state index in [0.717, 1.165) is 17.2 Å². The Morgan fingerprint density at radius 3 is 2.86 bits per heavy atom. The first-order valence-corrected chi connectivity index (χ1v) is 4.33. The Bertz CT molecular complexity index is 434. The second-order valence-electron chi connectivity index (χ2n) is 3.08. The Morgan fingerprint density at radius 1 is 1.36 bits per heavy atom. The van der Waals surface area contributed by atoms with E-state index in [1.165, 1.54) is 0 Å². The van der Waals surface area contributed by atoms with Crippen LogP contribution in [0.25, 0.3) is 0 Å². The average Bonchev–Trinajstić information content (AvgIpc) is 2.51. The lowest BCUT2D eigenvalue weighted by molar-refractivity contribution is 1.04. The second-order valence-corrected chi connectivity index (χ2v) is 3.08. The number of anilines is 2. The van der Waals surface area contributed by atoms with Crippen molar-refractivity contribution < 1.29 is 0 Å². The summed E-state index contributed by atoms with van der Waals surface area (Å²) >= 11 is 0. The minimum atomic E-state index is 0.566. The van der Waals surface area contributed by atoms with Gasteiger partial charge in [-0.3, -0.25) is 5.10 Å². The highest BCUT2D eigenvalue weighted by molar-refractivity contribution is 5.47. The van der Waals surface area contributed by atoms with Gasteiger partial charge in [0.1, 0.15) is 0 Å². The zero-order valence-corrected chi connectivity index (χ0v) is 8.07. The van der Waals surface area contributed by atoms with Gasteiger partial charge in [-0.15, -0.1) is 0 Å². The fourth-order valence-electron chi connectivity index (χ4n) is 1.11. The van der Waals surface area contributed by atoms with Crippen LogP contribution in [0.2, 0.25) is 0 Å². The van der Waals surface area contributed by atoms with Crippen LogP contribution in [0.4, 0.5) is 11.8 Å². The first-order valence-electron chi connectivity index (χ1n) is 4.33. The third kappa shape index (κ3) is 1.87. The molecule has 0 unspecified atom stereocenters. The van der Waals surface area contributed by atoms with Gasteiger partial charge in [0.2, 0.25) is 5.95 Å². The molecule has 0 saturated carbocycles. The van der Waals surface area contributed by atoms with Crippen LogP contribution >= 0.6 is 0 Å². The highest BCUT2D eigenvalue weighted by atomic mass is 15.2. The van der Waals surface area contributed by atoms with Crippen LogP contribution in [0.1, 0.15) is 11.4 Å². The van der Waals surface area contributed by atoms with Gasteiger partial charge in [0, 0.05) is 23.7 Å². The van der Waals surface area contributed by atoms with E-state index in [1.54, 1.807) is 6.20 Å². The summed E-state index contributed by atoms with van der Waals surface area (Å²) in [5.41, 5.74) is 1.93.